The third kappa shape index (κ3) is 6.65. The average molecular weight is 219 g/mol. The monoisotopic (exact) mass is 219 g/mol. The van der Waals surface area contributed by atoms with Gasteiger partial charge in [-0.05, 0) is 25.0 Å². The summed E-state index contributed by atoms with van der Waals surface area (Å²) in [7, 11) is 1.72. The zero-order chi connectivity index (χ0) is 10.2. The molecule has 0 amide bonds. The van der Waals surface area contributed by atoms with E-state index in [0.29, 0.717) is 6.04 Å². The molecule has 0 bridgehead atoms. The van der Waals surface area contributed by atoms with Crippen molar-refractivity contribution in [2.75, 3.05) is 31.8 Å². The van der Waals surface area contributed by atoms with Crippen LogP contribution in [0.25, 0.3) is 0 Å². The zero-order valence-corrected chi connectivity index (χ0v) is 9.68. The topological polar surface area (TPSA) is 41.5 Å². The van der Waals surface area contributed by atoms with Crippen LogP contribution in [0, 0.1) is 0 Å². The quantitative estimate of drug-likeness (QED) is 0.565. The van der Waals surface area contributed by atoms with Crippen LogP contribution in [0.15, 0.2) is 0 Å². The number of methoxy groups -OCH3 is 1. The maximum Gasteiger partial charge on any atom is 0.0754 e. The number of ether oxygens (including phenoxy) is 1. The lowest BCUT2D eigenvalue weighted by Crippen LogP contribution is -2.30. The first-order valence-electron chi connectivity index (χ1n) is 5.31. The number of hydrogen-bond donors (Lipinski definition) is 2. The molecule has 0 aromatic carbocycles. The van der Waals surface area contributed by atoms with Gasteiger partial charge < -0.3 is 15.2 Å². The van der Waals surface area contributed by atoms with Crippen LogP contribution in [-0.2, 0) is 4.74 Å². The Morgan fingerprint density at radius 1 is 1.57 bits per heavy atom. The van der Waals surface area contributed by atoms with Gasteiger partial charge >= 0.3 is 0 Å². The molecule has 1 rings (SSSR count). The highest BCUT2D eigenvalue weighted by molar-refractivity contribution is 7.99. The molecule has 0 heterocycles. The molecule has 1 aliphatic carbocycles. The first-order chi connectivity index (χ1) is 6.83. The molecule has 0 radical (unpaired) electrons. The van der Waals surface area contributed by atoms with Crippen LogP contribution in [0.5, 0.6) is 0 Å². The molecule has 1 fully saturated rings. The predicted molar refractivity (Wildman–Crippen MR) is 60.8 cm³/mol. The highest BCUT2D eigenvalue weighted by Gasteiger charge is 2.21. The van der Waals surface area contributed by atoms with Gasteiger partial charge in [0.1, 0.15) is 0 Å². The smallest absolute Gasteiger partial charge is 0.0754 e. The first-order valence-corrected chi connectivity index (χ1v) is 6.46. The molecule has 0 aromatic rings. The lowest BCUT2D eigenvalue weighted by atomic mass is 10.4. The highest BCUT2D eigenvalue weighted by atomic mass is 32.2. The largest absolute Gasteiger partial charge is 0.391 e. The molecular weight excluding hydrogens is 198 g/mol. The molecule has 3 nitrogen and oxygen atoms in total. The SMILES string of the molecule is COCCCSCC(O)CNC1CC1. The molecule has 14 heavy (non-hydrogen) atoms. The molecule has 2 N–H and O–H groups in total. The van der Waals surface area contributed by atoms with Crippen LogP contribution in [0.1, 0.15) is 19.3 Å². The molecular formula is C10H21NO2S. The van der Waals surface area contributed by atoms with Crippen molar-refractivity contribution in [1.82, 2.24) is 5.32 Å². The summed E-state index contributed by atoms with van der Waals surface area (Å²) in [5.41, 5.74) is 0. The van der Waals surface area contributed by atoms with Gasteiger partial charge in [0.15, 0.2) is 0 Å². The Hall–Kier alpha value is 0.230. The Bertz CT molecular complexity index is 142. The second kappa shape index (κ2) is 7.51. The fraction of sp³-hybridized carbons (Fsp3) is 1.00. The number of rotatable bonds is 9. The van der Waals surface area contributed by atoms with E-state index in [0.717, 1.165) is 31.1 Å². The number of nitrogens with one attached hydrogen (secondary N) is 1. The average Bonchev–Trinajstić information content (AvgIpc) is 2.98. The summed E-state index contributed by atoms with van der Waals surface area (Å²) in [6.45, 7) is 1.57. The summed E-state index contributed by atoms with van der Waals surface area (Å²) in [6, 6.07) is 0.697. The van der Waals surface area contributed by atoms with Crippen LogP contribution in [-0.4, -0.2) is 49.0 Å². The molecule has 1 saturated carbocycles. The Morgan fingerprint density at radius 2 is 2.36 bits per heavy atom. The Kier molecular flexibility index (Phi) is 6.60. The molecule has 1 unspecified atom stereocenters. The number of aliphatic hydroxyl groups is 1. The predicted octanol–water partition coefficient (Wildman–Crippen LogP) is 0.869. The van der Waals surface area contributed by atoms with E-state index in [-0.39, 0.29) is 6.10 Å². The van der Waals surface area contributed by atoms with Crippen molar-refractivity contribution in [1.29, 1.82) is 0 Å². The fourth-order valence-corrected chi connectivity index (χ4v) is 2.05. The zero-order valence-electron chi connectivity index (χ0n) is 8.87. The fourth-order valence-electron chi connectivity index (χ4n) is 1.17. The maximum atomic E-state index is 9.57. The Morgan fingerprint density at radius 3 is 3.00 bits per heavy atom. The van der Waals surface area contributed by atoms with Crippen LogP contribution in [0.3, 0.4) is 0 Å². The molecule has 0 aliphatic heterocycles. The molecule has 0 aromatic heterocycles. The number of thioether (sulfide) groups is 1. The Balaban J connectivity index is 1.79. The van der Waals surface area contributed by atoms with E-state index in [1.54, 1.807) is 18.9 Å². The van der Waals surface area contributed by atoms with Crippen molar-refractivity contribution in [2.45, 2.75) is 31.4 Å². The van der Waals surface area contributed by atoms with E-state index >= 15 is 0 Å². The van der Waals surface area contributed by atoms with E-state index in [9.17, 15) is 5.11 Å². The Labute approximate surface area is 90.6 Å². The summed E-state index contributed by atoms with van der Waals surface area (Å²) in [6.07, 6.45) is 3.45. The van der Waals surface area contributed by atoms with E-state index in [4.69, 9.17) is 4.74 Å². The van der Waals surface area contributed by atoms with Crippen LogP contribution in [0.4, 0.5) is 0 Å². The van der Waals surface area contributed by atoms with E-state index in [1.807, 2.05) is 0 Å². The van der Waals surface area contributed by atoms with Gasteiger partial charge in [0.2, 0.25) is 0 Å². The summed E-state index contributed by atoms with van der Waals surface area (Å²) in [5, 5.41) is 12.9. The normalized spacial score (nSPS) is 18.4. The van der Waals surface area contributed by atoms with E-state index < -0.39 is 0 Å². The van der Waals surface area contributed by atoms with E-state index in [1.165, 1.54) is 12.8 Å². The van der Waals surface area contributed by atoms with Gasteiger partial charge in [-0.25, -0.2) is 0 Å². The van der Waals surface area contributed by atoms with Crippen molar-refractivity contribution in [3.63, 3.8) is 0 Å². The number of hydrogen-bond acceptors (Lipinski definition) is 4. The highest BCUT2D eigenvalue weighted by Crippen LogP contribution is 2.18. The molecule has 0 saturated heterocycles. The standard InChI is InChI=1S/C10H21NO2S/c1-13-5-2-6-14-8-10(12)7-11-9-3-4-9/h9-12H,2-8H2,1H3. The minimum absolute atomic E-state index is 0.192. The van der Waals surface area contributed by atoms with Gasteiger partial charge in [0.05, 0.1) is 6.10 Å². The van der Waals surface area contributed by atoms with Gasteiger partial charge in [0.25, 0.3) is 0 Å². The molecule has 1 atom stereocenters. The van der Waals surface area contributed by atoms with Crippen molar-refractivity contribution >= 4 is 11.8 Å². The van der Waals surface area contributed by atoms with Crippen LogP contribution >= 0.6 is 11.8 Å². The maximum absolute atomic E-state index is 9.57. The van der Waals surface area contributed by atoms with Crippen molar-refractivity contribution in [3.8, 4) is 0 Å². The van der Waals surface area contributed by atoms with Crippen LogP contribution < -0.4 is 5.32 Å². The molecule has 0 spiro atoms. The van der Waals surface area contributed by atoms with Crippen molar-refractivity contribution in [3.05, 3.63) is 0 Å². The molecule has 1 aliphatic rings. The summed E-state index contributed by atoms with van der Waals surface area (Å²) < 4.78 is 4.95. The van der Waals surface area contributed by atoms with Crippen molar-refractivity contribution < 1.29 is 9.84 Å². The summed E-state index contributed by atoms with van der Waals surface area (Å²) >= 11 is 1.80. The van der Waals surface area contributed by atoms with Gasteiger partial charge in [0, 0.05) is 32.1 Å². The second-order valence-corrected chi connectivity index (χ2v) is 4.91. The minimum atomic E-state index is -0.192. The second-order valence-electron chi connectivity index (χ2n) is 3.76. The van der Waals surface area contributed by atoms with Gasteiger partial charge in [-0.3, -0.25) is 0 Å². The minimum Gasteiger partial charge on any atom is -0.391 e. The summed E-state index contributed by atoms with van der Waals surface area (Å²) in [5.74, 6) is 1.91. The summed E-state index contributed by atoms with van der Waals surface area (Å²) in [4.78, 5) is 0. The third-order valence-corrected chi connectivity index (χ3v) is 3.36. The van der Waals surface area contributed by atoms with Crippen LogP contribution in [0.2, 0.25) is 0 Å². The first kappa shape index (κ1) is 12.3. The molecule has 84 valence electrons. The van der Waals surface area contributed by atoms with E-state index in [2.05, 4.69) is 5.32 Å². The number of aliphatic hydroxyl groups excluding tert-OH is 1. The lowest BCUT2D eigenvalue weighted by Gasteiger charge is -2.10. The van der Waals surface area contributed by atoms with Gasteiger partial charge in [-0.15, -0.1) is 0 Å². The third-order valence-electron chi connectivity index (χ3n) is 2.17. The molecule has 4 heteroatoms. The van der Waals surface area contributed by atoms with Crippen molar-refractivity contribution in [2.24, 2.45) is 0 Å². The van der Waals surface area contributed by atoms with Gasteiger partial charge in [-0.2, -0.15) is 11.8 Å². The lowest BCUT2D eigenvalue weighted by molar-refractivity contribution is 0.194. The van der Waals surface area contributed by atoms with Gasteiger partial charge in [-0.1, -0.05) is 0 Å².